The summed E-state index contributed by atoms with van der Waals surface area (Å²) in [5.41, 5.74) is 0.834. The van der Waals surface area contributed by atoms with E-state index in [1.165, 1.54) is 0 Å². The van der Waals surface area contributed by atoms with Crippen LogP contribution in [-0.2, 0) is 9.47 Å². The Kier molecular flexibility index (Phi) is 4.94. The van der Waals surface area contributed by atoms with Gasteiger partial charge >= 0.3 is 0 Å². The molecule has 1 aromatic rings. The van der Waals surface area contributed by atoms with Crippen LogP contribution in [0.15, 0.2) is 53.8 Å². The smallest absolute Gasteiger partial charge is 0.196 e. The zero-order valence-electron chi connectivity index (χ0n) is 12.3. The molecule has 2 rings (SSSR count). The number of ether oxygens (including phenoxy) is 2. The summed E-state index contributed by atoms with van der Waals surface area (Å²) in [7, 11) is 0. The van der Waals surface area contributed by atoms with Crippen LogP contribution in [0.1, 0.15) is 30.6 Å². The predicted octanol–water partition coefficient (Wildman–Crippen LogP) is 3.41. The third kappa shape index (κ3) is 3.40. The van der Waals surface area contributed by atoms with Crippen molar-refractivity contribution in [2.45, 2.75) is 26.1 Å². The highest BCUT2D eigenvalue weighted by molar-refractivity contribution is 6.11. The number of aliphatic hydroxyl groups is 1. The molecule has 112 valence electrons. The molecule has 0 radical (unpaired) electrons. The minimum absolute atomic E-state index is 0.00625. The first kappa shape index (κ1) is 15.5. The van der Waals surface area contributed by atoms with Gasteiger partial charge in [0.25, 0.3) is 0 Å². The van der Waals surface area contributed by atoms with E-state index in [1.807, 2.05) is 19.9 Å². The number of benzene rings is 1. The number of aliphatic hydroxyl groups excluding tert-OH is 1. The summed E-state index contributed by atoms with van der Waals surface area (Å²) in [6, 6.07) is 8.88. The summed E-state index contributed by atoms with van der Waals surface area (Å²) in [6.07, 6.45) is 3.43. The maximum atomic E-state index is 12.4. The van der Waals surface area contributed by atoms with Crippen LogP contribution in [0.2, 0.25) is 0 Å². The molecule has 0 bridgehead atoms. The second kappa shape index (κ2) is 6.70. The topological polar surface area (TPSA) is 55.8 Å². The van der Waals surface area contributed by atoms with Crippen LogP contribution < -0.4 is 0 Å². The minimum Gasteiger partial charge on any atom is -0.511 e. The lowest BCUT2D eigenvalue weighted by atomic mass is 9.94. The molecular weight excluding hydrogens is 268 g/mol. The van der Waals surface area contributed by atoms with E-state index in [-0.39, 0.29) is 23.5 Å². The fourth-order valence-corrected chi connectivity index (χ4v) is 2.37. The number of hydrogen-bond donors (Lipinski definition) is 1. The molecule has 0 aliphatic heterocycles. The summed E-state index contributed by atoms with van der Waals surface area (Å²) in [4.78, 5) is 12.4. The Labute approximate surface area is 124 Å². The largest absolute Gasteiger partial charge is 0.511 e. The summed E-state index contributed by atoms with van der Waals surface area (Å²) in [5.74, 6) is -1.19. The Morgan fingerprint density at radius 1 is 1.19 bits per heavy atom. The van der Waals surface area contributed by atoms with Crippen molar-refractivity contribution in [2.24, 2.45) is 0 Å². The van der Waals surface area contributed by atoms with E-state index in [9.17, 15) is 9.90 Å². The first-order valence-electron chi connectivity index (χ1n) is 7.11. The molecule has 0 fully saturated rings. The maximum Gasteiger partial charge on any atom is 0.196 e. The van der Waals surface area contributed by atoms with Crippen molar-refractivity contribution in [1.82, 2.24) is 0 Å². The van der Waals surface area contributed by atoms with E-state index in [4.69, 9.17) is 9.47 Å². The van der Waals surface area contributed by atoms with Gasteiger partial charge in [-0.3, -0.25) is 4.79 Å². The average molecular weight is 288 g/mol. The first-order chi connectivity index (χ1) is 10.1. The molecule has 0 heterocycles. The summed E-state index contributed by atoms with van der Waals surface area (Å²) >= 11 is 0. The first-order valence-corrected chi connectivity index (χ1v) is 7.11. The molecule has 0 spiro atoms. The molecule has 1 aliphatic rings. The lowest BCUT2D eigenvalue weighted by molar-refractivity contribution is -0.202. The van der Waals surface area contributed by atoms with Crippen molar-refractivity contribution in [2.75, 3.05) is 13.2 Å². The van der Waals surface area contributed by atoms with Crippen molar-refractivity contribution in [3.05, 3.63) is 59.4 Å². The SMILES string of the molecule is CCOC1(OCC)C=CC(C(=O)c2ccccc2)=C(O)C1. The Bertz CT molecular complexity index is 551. The maximum absolute atomic E-state index is 12.4. The van der Waals surface area contributed by atoms with E-state index in [0.717, 1.165) is 0 Å². The Morgan fingerprint density at radius 3 is 2.33 bits per heavy atom. The molecule has 4 nitrogen and oxygen atoms in total. The van der Waals surface area contributed by atoms with Crippen LogP contribution in [0.5, 0.6) is 0 Å². The summed E-state index contributed by atoms with van der Waals surface area (Å²) in [6.45, 7) is 4.64. The molecule has 0 saturated carbocycles. The van der Waals surface area contributed by atoms with E-state index < -0.39 is 5.79 Å². The fourth-order valence-electron chi connectivity index (χ4n) is 2.37. The lowest BCUT2D eigenvalue weighted by Crippen LogP contribution is -2.37. The predicted molar refractivity (Wildman–Crippen MR) is 80.2 cm³/mol. The van der Waals surface area contributed by atoms with Crippen LogP contribution >= 0.6 is 0 Å². The molecule has 1 N–H and O–H groups in total. The molecular formula is C17H20O4. The molecule has 4 heteroatoms. The Hall–Kier alpha value is -1.91. The van der Waals surface area contributed by atoms with Gasteiger partial charge in [-0.1, -0.05) is 30.3 Å². The Morgan fingerprint density at radius 2 is 1.81 bits per heavy atom. The molecule has 0 amide bonds. The number of ketones is 1. The second-order valence-corrected chi connectivity index (χ2v) is 4.74. The highest BCUT2D eigenvalue weighted by Gasteiger charge is 2.35. The number of carbonyl (C=O) groups excluding carboxylic acids is 1. The normalized spacial score (nSPS) is 17.0. The van der Waals surface area contributed by atoms with Crippen molar-refractivity contribution < 1.29 is 19.4 Å². The number of hydrogen-bond acceptors (Lipinski definition) is 4. The van der Waals surface area contributed by atoms with Crippen molar-refractivity contribution in [1.29, 1.82) is 0 Å². The van der Waals surface area contributed by atoms with Gasteiger partial charge in [0.05, 0.1) is 12.0 Å². The zero-order valence-corrected chi connectivity index (χ0v) is 12.3. The van der Waals surface area contributed by atoms with Crippen LogP contribution in [0.25, 0.3) is 0 Å². The number of allylic oxidation sites excluding steroid dienone is 2. The van der Waals surface area contributed by atoms with E-state index in [2.05, 4.69) is 0 Å². The average Bonchev–Trinajstić information content (AvgIpc) is 2.48. The van der Waals surface area contributed by atoms with Gasteiger partial charge in [-0.05, 0) is 26.0 Å². The highest BCUT2D eigenvalue weighted by Crippen LogP contribution is 2.31. The molecule has 0 aromatic heterocycles. The molecule has 0 unspecified atom stereocenters. The third-order valence-electron chi connectivity index (χ3n) is 3.29. The van der Waals surface area contributed by atoms with E-state index >= 15 is 0 Å². The van der Waals surface area contributed by atoms with Crippen LogP contribution in [0.3, 0.4) is 0 Å². The summed E-state index contributed by atoms with van der Waals surface area (Å²) < 4.78 is 11.2. The van der Waals surface area contributed by atoms with Crippen LogP contribution in [0, 0.1) is 0 Å². The van der Waals surface area contributed by atoms with E-state index in [1.54, 1.807) is 36.4 Å². The van der Waals surface area contributed by atoms with Gasteiger partial charge in [0.2, 0.25) is 0 Å². The van der Waals surface area contributed by atoms with Crippen molar-refractivity contribution >= 4 is 5.78 Å². The van der Waals surface area contributed by atoms with Gasteiger partial charge in [-0.2, -0.15) is 0 Å². The van der Waals surface area contributed by atoms with Gasteiger partial charge < -0.3 is 14.6 Å². The van der Waals surface area contributed by atoms with Gasteiger partial charge in [0.15, 0.2) is 11.6 Å². The lowest BCUT2D eigenvalue weighted by Gasteiger charge is -2.32. The molecule has 0 atom stereocenters. The van der Waals surface area contributed by atoms with Gasteiger partial charge in [0, 0.05) is 18.8 Å². The molecule has 1 aliphatic carbocycles. The van der Waals surface area contributed by atoms with Gasteiger partial charge in [-0.15, -0.1) is 0 Å². The minimum atomic E-state index is -0.978. The monoisotopic (exact) mass is 288 g/mol. The quantitative estimate of drug-likeness (QED) is 0.644. The fraction of sp³-hybridized carbons (Fsp3) is 0.353. The van der Waals surface area contributed by atoms with Gasteiger partial charge in [0.1, 0.15) is 5.76 Å². The Balaban J connectivity index is 2.25. The molecule has 21 heavy (non-hydrogen) atoms. The molecule has 0 saturated heterocycles. The highest BCUT2D eigenvalue weighted by atomic mass is 16.7. The third-order valence-corrected chi connectivity index (χ3v) is 3.29. The van der Waals surface area contributed by atoms with E-state index in [0.29, 0.717) is 18.8 Å². The van der Waals surface area contributed by atoms with Crippen molar-refractivity contribution in [3.63, 3.8) is 0 Å². The number of rotatable bonds is 6. The number of carbonyl (C=O) groups is 1. The van der Waals surface area contributed by atoms with Crippen LogP contribution in [-0.4, -0.2) is 29.9 Å². The molecule has 1 aromatic carbocycles. The standard InChI is InChI=1S/C17H20O4/c1-3-20-17(21-4-2)11-10-14(15(18)12-17)16(19)13-8-6-5-7-9-13/h5-11,18H,3-4,12H2,1-2H3. The van der Waals surface area contributed by atoms with Crippen molar-refractivity contribution in [3.8, 4) is 0 Å². The number of Topliss-reactive ketones (excluding diaryl/α,β-unsaturated/α-hetero) is 1. The van der Waals surface area contributed by atoms with Gasteiger partial charge in [-0.25, -0.2) is 0 Å². The second-order valence-electron chi connectivity index (χ2n) is 4.74. The summed E-state index contributed by atoms with van der Waals surface area (Å²) in [5, 5.41) is 10.2. The van der Waals surface area contributed by atoms with Crippen LogP contribution in [0.4, 0.5) is 0 Å². The zero-order chi connectivity index (χ0) is 15.3.